The van der Waals surface area contributed by atoms with Crippen molar-refractivity contribution in [2.75, 3.05) is 0 Å². The maximum atomic E-state index is 13.1. The normalized spacial score (nSPS) is 31.8. The molecule has 6 nitrogen and oxygen atoms in total. The summed E-state index contributed by atoms with van der Waals surface area (Å²) in [6.07, 6.45) is 2.91. The van der Waals surface area contributed by atoms with E-state index < -0.39 is 33.7 Å². The number of aliphatic carboxylic acids is 1. The number of benzene rings is 1. The van der Waals surface area contributed by atoms with Crippen LogP contribution in [-0.2, 0) is 20.7 Å². The Morgan fingerprint density at radius 1 is 0.967 bits per heavy atom. The van der Waals surface area contributed by atoms with E-state index in [0.717, 1.165) is 5.56 Å². The van der Waals surface area contributed by atoms with Crippen LogP contribution in [0.4, 0.5) is 0 Å². The van der Waals surface area contributed by atoms with Gasteiger partial charge in [-0.05, 0) is 58.4 Å². The van der Waals surface area contributed by atoms with Crippen molar-refractivity contribution in [3.63, 3.8) is 0 Å². The third-order valence-corrected chi connectivity index (χ3v) is 6.58. The second kappa shape index (κ2) is 7.34. The number of nitrogens with one attached hydrogen (secondary N) is 2. The monoisotopic (exact) mass is 416 g/mol. The van der Waals surface area contributed by atoms with Crippen LogP contribution in [0.15, 0.2) is 30.3 Å². The Morgan fingerprint density at radius 3 is 1.93 bits per heavy atom. The van der Waals surface area contributed by atoms with E-state index in [1.807, 2.05) is 71.9 Å². The van der Waals surface area contributed by atoms with E-state index in [9.17, 15) is 14.7 Å². The molecule has 1 spiro atoms. The number of rotatable bonds is 4. The highest BCUT2D eigenvalue weighted by atomic mass is 16.6. The first-order valence-electron chi connectivity index (χ1n) is 10.8. The molecule has 0 aromatic heterocycles. The van der Waals surface area contributed by atoms with Gasteiger partial charge in [-0.1, -0.05) is 51.1 Å². The molecule has 0 bridgehead atoms. The van der Waals surface area contributed by atoms with Gasteiger partial charge in [-0.2, -0.15) is 0 Å². The molecular weight excluding hydrogens is 380 g/mol. The van der Waals surface area contributed by atoms with Crippen molar-refractivity contribution >= 4 is 11.9 Å². The highest BCUT2D eigenvalue weighted by Crippen LogP contribution is 2.49. The minimum atomic E-state index is -0.983. The lowest BCUT2D eigenvalue weighted by Gasteiger charge is -2.64. The molecule has 30 heavy (non-hydrogen) atoms. The van der Waals surface area contributed by atoms with Crippen molar-refractivity contribution in [2.24, 2.45) is 10.8 Å². The van der Waals surface area contributed by atoms with E-state index in [0.29, 0.717) is 32.1 Å². The third-order valence-electron chi connectivity index (χ3n) is 6.58. The van der Waals surface area contributed by atoms with Gasteiger partial charge in [-0.3, -0.25) is 15.4 Å². The summed E-state index contributed by atoms with van der Waals surface area (Å²) in [4.78, 5) is 25.3. The summed E-state index contributed by atoms with van der Waals surface area (Å²) in [5, 5.41) is 17.1. The second-order valence-corrected chi connectivity index (χ2v) is 11.1. The van der Waals surface area contributed by atoms with Gasteiger partial charge >= 0.3 is 11.9 Å². The summed E-state index contributed by atoms with van der Waals surface area (Å²) < 4.78 is 5.71. The molecule has 1 saturated heterocycles. The van der Waals surface area contributed by atoms with Crippen LogP contribution in [-0.4, -0.2) is 34.0 Å². The summed E-state index contributed by atoms with van der Waals surface area (Å²) in [6.45, 7) is 11.6. The molecule has 2 aliphatic rings. The number of carboxylic acid groups (broad SMARTS) is 1. The first kappa shape index (κ1) is 22.8. The molecule has 1 aliphatic carbocycles. The SMILES string of the molecule is CC(C)(C)OC(=O)C1(C(C)(C)C)NC2(CCC(Cc3ccccc3)(C(=O)O)CC2)N1. The molecular formula is C24H36N2O4. The molecule has 0 radical (unpaired) electrons. The molecule has 1 aliphatic heterocycles. The summed E-state index contributed by atoms with van der Waals surface area (Å²) >= 11 is 0. The van der Waals surface area contributed by atoms with Crippen molar-refractivity contribution in [1.29, 1.82) is 0 Å². The zero-order valence-corrected chi connectivity index (χ0v) is 19.1. The van der Waals surface area contributed by atoms with Crippen molar-refractivity contribution in [2.45, 2.75) is 90.6 Å². The van der Waals surface area contributed by atoms with E-state index in [2.05, 4.69) is 10.6 Å². The first-order chi connectivity index (χ1) is 13.7. The number of carbonyl (C=O) groups excluding carboxylic acids is 1. The van der Waals surface area contributed by atoms with Gasteiger partial charge in [-0.25, -0.2) is 4.79 Å². The number of esters is 1. The van der Waals surface area contributed by atoms with E-state index >= 15 is 0 Å². The standard InChI is InChI=1S/C24H36N2O4/c1-20(2,3)24(19(29)30-21(4,5)6)25-23(26-24)14-12-22(13-15-23,18(27)28)16-17-10-8-7-9-11-17/h7-11,25-26H,12-16H2,1-6H3,(H,27,28). The molecule has 1 aromatic rings. The predicted molar refractivity (Wildman–Crippen MR) is 116 cm³/mol. The van der Waals surface area contributed by atoms with Gasteiger partial charge < -0.3 is 9.84 Å². The Hall–Kier alpha value is -1.92. The van der Waals surface area contributed by atoms with Crippen molar-refractivity contribution in [3.05, 3.63) is 35.9 Å². The Balaban J connectivity index is 1.75. The Bertz CT molecular complexity index is 789. The van der Waals surface area contributed by atoms with Crippen LogP contribution in [0.2, 0.25) is 0 Å². The fourth-order valence-corrected chi connectivity index (χ4v) is 4.71. The van der Waals surface area contributed by atoms with Gasteiger partial charge in [-0.15, -0.1) is 0 Å². The van der Waals surface area contributed by atoms with Crippen molar-refractivity contribution < 1.29 is 19.4 Å². The van der Waals surface area contributed by atoms with Crippen LogP contribution >= 0.6 is 0 Å². The lowest BCUT2D eigenvalue weighted by Crippen LogP contribution is -2.92. The predicted octanol–water partition coefficient (Wildman–Crippen LogP) is 3.85. The van der Waals surface area contributed by atoms with Gasteiger partial charge in [0, 0.05) is 5.41 Å². The molecule has 2 fully saturated rings. The highest BCUT2D eigenvalue weighted by molar-refractivity contribution is 5.83. The van der Waals surface area contributed by atoms with Crippen LogP contribution in [0.3, 0.4) is 0 Å². The zero-order chi connectivity index (χ0) is 22.4. The van der Waals surface area contributed by atoms with E-state index in [4.69, 9.17) is 4.74 Å². The Kier molecular flexibility index (Phi) is 5.57. The minimum Gasteiger partial charge on any atom is -0.481 e. The smallest absolute Gasteiger partial charge is 0.342 e. The van der Waals surface area contributed by atoms with Crippen LogP contribution < -0.4 is 10.6 Å². The topological polar surface area (TPSA) is 87.7 Å². The summed E-state index contributed by atoms with van der Waals surface area (Å²) in [6, 6.07) is 9.81. The summed E-state index contributed by atoms with van der Waals surface area (Å²) in [5.41, 5.74) is -2.14. The van der Waals surface area contributed by atoms with Gasteiger partial charge in [0.05, 0.1) is 11.1 Å². The fourth-order valence-electron chi connectivity index (χ4n) is 4.71. The molecule has 1 saturated carbocycles. The molecule has 0 unspecified atom stereocenters. The third kappa shape index (κ3) is 4.12. The Morgan fingerprint density at radius 2 is 1.50 bits per heavy atom. The number of ether oxygens (including phenoxy) is 1. The second-order valence-electron chi connectivity index (χ2n) is 11.1. The summed E-state index contributed by atoms with van der Waals surface area (Å²) in [5.74, 6) is -1.05. The van der Waals surface area contributed by atoms with E-state index in [1.54, 1.807) is 0 Å². The lowest BCUT2D eigenvalue weighted by molar-refractivity contribution is -0.196. The number of carbonyl (C=O) groups is 2. The van der Waals surface area contributed by atoms with Gasteiger partial charge in [0.15, 0.2) is 5.66 Å². The maximum Gasteiger partial charge on any atom is 0.342 e. The fraction of sp³-hybridized carbons (Fsp3) is 0.667. The first-order valence-corrected chi connectivity index (χ1v) is 10.8. The van der Waals surface area contributed by atoms with Gasteiger partial charge in [0.1, 0.15) is 5.60 Å². The van der Waals surface area contributed by atoms with Crippen LogP contribution in [0.25, 0.3) is 0 Å². The molecule has 6 heteroatoms. The summed E-state index contributed by atoms with van der Waals surface area (Å²) in [7, 11) is 0. The van der Waals surface area contributed by atoms with Gasteiger partial charge in [0.25, 0.3) is 0 Å². The van der Waals surface area contributed by atoms with Crippen molar-refractivity contribution in [1.82, 2.24) is 10.6 Å². The average Bonchev–Trinajstić information content (AvgIpc) is 2.58. The molecule has 1 heterocycles. The van der Waals surface area contributed by atoms with Crippen LogP contribution in [0, 0.1) is 10.8 Å². The molecule has 0 amide bonds. The lowest BCUT2D eigenvalue weighted by atomic mass is 9.63. The molecule has 3 rings (SSSR count). The van der Waals surface area contributed by atoms with Crippen LogP contribution in [0.1, 0.15) is 72.8 Å². The quantitative estimate of drug-likeness (QED) is 0.646. The van der Waals surface area contributed by atoms with E-state index in [-0.39, 0.29) is 5.97 Å². The van der Waals surface area contributed by atoms with Crippen molar-refractivity contribution in [3.8, 4) is 0 Å². The zero-order valence-electron chi connectivity index (χ0n) is 19.1. The average molecular weight is 417 g/mol. The molecule has 1 aromatic carbocycles. The minimum absolute atomic E-state index is 0.313. The maximum absolute atomic E-state index is 13.1. The highest BCUT2D eigenvalue weighted by Gasteiger charge is 2.66. The van der Waals surface area contributed by atoms with Crippen LogP contribution in [0.5, 0.6) is 0 Å². The van der Waals surface area contributed by atoms with E-state index in [1.165, 1.54) is 0 Å². The number of hydrogen-bond donors (Lipinski definition) is 3. The van der Waals surface area contributed by atoms with Gasteiger partial charge in [0.2, 0.25) is 0 Å². The Labute approximate surface area is 179 Å². The molecule has 3 N–H and O–H groups in total. The molecule has 166 valence electrons. The molecule has 0 atom stereocenters. The number of hydrogen-bond acceptors (Lipinski definition) is 5. The largest absolute Gasteiger partial charge is 0.481 e. The number of carboxylic acids is 1.